The number of hydrogen-bond donors (Lipinski definition) is 1. The largest absolute Gasteiger partial charge is 0.322 e. The fourth-order valence-corrected chi connectivity index (χ4v) is 3.02. The molecule has 0 aliphatic heterocycles. The van der Waals surface area contributed by atoms with Crippen LogP contribution < -0.4 is 5.32 Å². The van der Waals surface area contributed by atoms with Crippen LogP contribution in [0.15, 0.2) is 41.8 Å². The van der Waals surface area contributed by atoms with Crippen molar-refractivity contribution in [3.8, 4) is 0 Å². The minimum absolute atomic E-state index is 0.0802. The molecule has 0 aliphatic carbocycles. The zero-order valence-corrected chi connectivity index (χ0v) is 14.4. The van der Waals surface area contributed by atoms with E-state index in [9.17, 15) is 4.79 Å². The highest BCUT2D eigenvalue weighted by molar-refractivity contribution is 7.10. The van der Waals surface area contributed by atoms with E-state index >= 15 is 0 Å². The second kappa shape index (κ2) is 7.41. The number of amides is 1. The van der Waals surface area contributed by atoms with Gasteiger partial charge in [0.05, 0.1) is 0 Å². The summed E-state index contributed by atoms with van der Waals surface area (Å²) >= 11 is 1.62. The van der Waals surface area contributed by atoms with Gasteiger partial charge in [0.1, 0.15) is 0 Å². The molecule has 0 saturated carbocycles. The lowest BCUT2D eigenvalue weighted by Crippen LogP contribution is -2.13. The molecule has 1 N–H and O–H groups in total. The first-order valence-electron chi connectivity index (χ1n) is 7.64. The molecule has 2 rings (SSSR count). The third-order valence-corrected chi connectivity index (χ3v) is 4.40. The molecule has 2 aromatic rings. The molecule has 0 saturated heterocycles. The van der Waals surface area contributed by atoms with E-state index in [2.05, 4.69) is 51.2 Å². The Labute approximate surface area is 136 Å². The van der Waals surface area contributed by atoms with Crippen LogP contribution in [0.25, 0.3) is 6.08 Å². The van der Waals surface area contributed by atoms with E-state index in [0.717, 1.165) is 10.6 Å². The monoisotopic (exact) mass is 313 g/mol. The molecule has 22 heavy (non-hydrogen) atoms. The van der Waals surface area contributed by atoms with Gasteiger partial charge in [-0.15, -0.1) is 11.3 Å². The molecule has 0 atom stereocenters. The summed E-state index contributed by atoms with van der Waals surface area (Å²) in [6.45, 7) is 8.60. The number of nitrogens with one attached hydrogen (secondary N) is 1. The van der Waals surface area contributed by atoms with Crippen LogP contribution in [-0.4, -0.2) is 5.91 Å². The lowest BCUT2D eigenvalue weighted by atomic mass is 9.92. The van der Waals surface area contributed by atoms with Crippen LogP contribution in [-0.2, 0) is 4.79 Å². The minimum Gasteiger partial charge on any atom is -0.322 e. The Morgan fingerprint density at radius 2 is 1.68 bits per heavy atom. The van der Waals surface area contributed by atoms with Crippen molar-refractivity contribution in [1.82, 2.24) is 0 Å². The molecule has 1 aromatic heterocycles. The Kier molecular flexibility index (Phi) is 5.56. The molecule has 3 heteroatoms. The number of carbonyl (C=O) groups excluding carboxylic acids is 1. The summed E-state index contributed by atoms with van der Waals surface area (Å²) in [5, 5.41) is 5.09. The molecule has 0 bridgehead atoms. The van der Waals surface area contributed by atoms with Crippen molar-refractivity contribution >= 4 is 29.0 Å². The predicted molar refractivity (Wildman–Crippen MR) is 96.6 cm³/mol. The molecule has 0 unspecified atom stereocenters. The molecule has 1 amide bonds. The van der Waals surface area contributed by atoms with E-state index in [4.69, 9.17) is 0 Å². The first-order chi connectivity index (χ1) is 10.5. The Bertz CT molecular complexity index is 628. The van der Waals surface area contributed by atoms with Gasteiger partial charge in [0.25, 0.3) is 0 Å². The zero-order chi connectivity index (χ0) is 16.1. The topological polar surface area (TPSA) is 29.1 Å². The summed E-state index contributed by atoms with van der Waals surface area (Å²) in [5.41, 5.74) is 3.33. The number of para-hydroxylation sites is 1. The summed E-state index contributed by atoms with van der Waals surface area (Å²) in [7, 11) is 0. The molecule has 0 radical (unpaired) electrons. The number of benzene rings is 1. The van der Waals surface area contributed by atoms with Crippen molar-refractivity contribution in [2.75, 3.05) is 5.32 Å². The predicted octanol–water partition coefficient (Wildman–Crippen LogP) is 5.65. The van der Waals surface area contributed by atoms with Crippen molar-refractivity contribution in [2.45, 2.75) is 39.5 Å². The smallest absolute Gasteiger partial charge is 0.248 e. The molecule has 2 nitrogen and oxygen atoms in total. The van der Waals surface area contributed by atoms with Crippen LogP contribution in [0.5, 0.6) is 0 Å². The van der Waals surface area contributed by atoms with Crippen molar-refractivity contribution in [3.05, 3.63) is 57.8 Å². The lowest BCUT2D eigenvalue weighted by molar-refractivity contribution is -0.111. The quantitative estimate of drug-likeness (QED) is 0.710. The number of rotatable bonds is 5. The molecule has 0 fully saturated rings. The van der Waals surface area contributed by atoms with Crippen LogP contribution >= 0.6 is 11.3 Å². The summed E-state index contributed by atoms with van der Waals surface area (Å²) in [6, 6.07) is 10.2. The Morgan fingerprint density at radius 1 is 1.05 bits per heavy atom. The van der Waals surface area contributed by atoms with Crippen molar-refractivity contribution in [2.24, 2.45) is 0 Å². The van der Waals surface area contributed by atoms with E-state index < -0.39 is 0 Å². The van der Waals surface area contributed by atoms with Gasteiger partial charge in [-0.3, -0.25) is 4.79 Å². The molecule has 0 aliphatic rings. The Balaban J connectivity index is 2.25. The van der Waals surface area contributed by atoms with Crippen LogP contribution in [0.2, 0.25) is 0 Å². The maximum atomic E-state index is 12.3. The third-order valence-electron chi connectivity index (χ3n) is 3.56. The lowest BCUT2D eigenvalue weighted by Gasteiger charge is -2.19. The second-order valence-electron chi connectivity index (χ2n) is 5.96. The van der Waals surface area contributed by atoms with Crippen LogP contribution in [0, 0.1) is 0 Å². The standard InChI is InChI=1S/C19H23NOS/c1-13(2)16-8-5-9-17(14(3)4)19(16)20-18(21)11-10-15-7-6-12-22-15/h5-14H,1-4H3,(H,20,21). The highest BCUT2D eigenvalue weighted by atomic mass is 32.1. The van der Waals surface area contributed by atoms with Gasteiger partial charge in [-0.05, 0) is 40.5 Å². The maximum Gasteiger partial charge on any atom is 0.248 e. The van der Waals surface area contributed by atoms with E-state index in [-0.39, 0.29) is 5.91 Å². The van der Waals surface area contributed by atoms with Gasteiger partial charge in [-0.2, -0.15) is 0 Å². The summed E-state index contributed by atoms with van der Waals surface area (Å²) in [5.74, 6) is 0.661. The van der Waals surface area contributed by atoms with E-state index in [1.165, 1.54) is 11.1 Å². The van der Waals surface area contributed by atoms with Gasteiger partial charge in [0.15, 0.2) is 0 Å². The minimum atomic E-state index is -0.0802. The van der Waals surface area contributed by atoms with Crippen molar-refractivity contribution in [1.29, 1.82) is 0 Å². The number of thiophene rings is 1. The number of carbonyl (C=O) groups is 1. The number of anilines is 1. The molecule has 0 spiro atoms. The fourth-order valence-electron chi connectivity index (χ4n) is 2.40. The Hall–Kier alpha value is -1.87. The van der Waals surface area contributed by atoms with E-state index in [1.807, 2.05) is 23.6 Å². The SMILES string of the molecule is CC(C)c1cccc(C(C)C)c1NC(=O)C=Cc1cccs1. The van der Waals surface area contributed by atoms with Crippen molar-refractivity contribution < 1.29 is 4.79 Å². The van der Waals surface area contributed by atoms with Gasteiger partial charge < -0.3 is 5.32 Å². The average molecular weight is 313 g/mol. The Morgan fingerprint density at radius 3 is 2.18 bits per heavy atom. The average Bonchev–Trinajstić information content (AvgIpc) is 2.98. The van der Waals surface area contributed by atoms with E-state index in [1.54, 1.807) is 17.4 Å². The van der Waals surface area contributed by atoms with Crippen LogP contribution in [0.4, 0.5) is 5.69 Å². The van der Waals surface area contributed by atoms with Gasteiger partial charge in [0, 0.05) is 16.6 Å². The highest BCUT2D eigenvalue weighted by Crippen LogP contribution is 2.32. The summed E-state index contributed by atoms with van der Waals surface area (Å²) in [6.07, 6.45) is 3.46. The summed E-state index contributed by atoms with van der Waals surface area (Å²) < 4.78 is 0. The van der Waals surface area contributed by atoms with Gasteiger partial charge >= 0.3 is 0 Å². The first-order valence-corrected chi connectivity index (χ1v) is 8.52. The fraction of sp³-hybridized carbons (Fsp3) is 0.316. The highest BCUT2D eigenvalue weighted by Gasteiger charge is 2.14. The molecular weight excluding hydrogens is 290 g/mol. The molecule has 1 aromatic carbocycles. The molecule has 1 heterocycles. The van der Waals surface area contributed by atoms with Gasteiger partial charge in [-0.25, -0.2) is 0 Å². The number of hydrogen-bond acceptors (Lipinski definition) is 2. The van der Waals surface area contributed by atoms with Crippen LogP contribution in [0.3, 0.4) is 0 Å². The van der Waals surface area contributed by atoms with Gasteiger partial charge in [-0.1, -0.05) is 52.0 Å². The summed E-state index contributed by atoms with van der Waals surface area (Å²) in [4.78, 5) is 13.3. The zero-order valence-electron chi connectivity index (χ0n) is 13.6. The van der Waals surface area contributed by atoms with Gasteiger partial charge in [0.2, 0.25) is 5.91 Å². The second-order valence-corrected chi connectivity index (χ2v) is 6.94. The van der Waals surface area contributed by atoms with Crippen LogP contribution in [0.1, 0.15) is 55.5 Å². The molecule has 116 valence electrons. The maximum absolute atomic E-state index is 12.3. The first kappa shape index (κ1) is 16.5. The van der Waals surface area contributed by atoms with E-state index in [0.29, 0.717) is 11.8 Å². The normalized spacial score (nSPS) is 11.5. The third kappa shape index (κ3) is 4.08. The molecular formula is C19H23NOS. The van der Waals surface area contributed by atoms with Crippen molar-refractivity contribution in [3.63, 3.8) is 0 Å².